The summed E-state index contributed by atoms with van der Waals surface area (Å²) in [6.45, 7) is 0.952. The molecular formula is C11H11F3N4. The molecule has 18 heavy (non-hydrogen) atoms. The van der Waals surface area contributed by atoms with Gasteiger partial charge in [0.2, 0.25) is 5.84 Å². The van der Waals surface area contributed by atoms with Crippen molar-refractivity contribution in [3.63, 3.8) is 0 Å². The molecule has 3 rings (SSSR count). The molecule has 1 atom stereocenters. The zero-order chi connectivity index (χ0) is 12.8. The number of anilines is 1. The molecular weight excluding hydrogens is 245 g/mol. The summed E-state index contributed by atoms with van der Waals surface area (Å²) in [7, 11) is 0. The van der Waals surface area contributed by atoms with E-state index < -0.39 is 18.2 Å². The van der Waals surface area contributed by atoms with E-state index in [4.69, 9.17) is 0 Å². The molecule has 0 bridgehead atoms. The van der Waals surface area contributed by atoms with E-state index in [9.17, 15) is 13.2 Å². The fourth-order valence-electron chi connectivity index (χ4n) is 2.25. The van der Waals surface area contributed by atoms with Crippen LogP contribution in [0.25, 0.3) is 0 Å². The van der Waals surface area contributed by atoms with E-state index in [1.165, 1.54) is 4.90 Å². The summed E-state index contributed by atoms with van der Waals surface area (Å²) in [5.41, 5.74) is 3.91. The van der Waals surface area contributed by atoms with Crippen molar-refractivity contribution in [1.29, 1.82) is 0 Å². The third-order valence-corrected chi connectivity index (χ3v) is 3.02. The number of nitrogens with one attached hydrogen (secondary N) is 2. The number of benzene rings is 1. The summed E-state index contributed by atoms with van der Waals surface area (Å²) < 4.78 is 38.8. The highest BCUT2D eigenvalue weighted by atomic mass is 19.4. The van der Waals surface area contributed by atoms with Gasteiger partial charge in [-0.25, -0.2) is 0 Å². The standard InChI is InChI=1S/C11H11F3N4/c12-11(13,14)10-17-16-9-6-15-5-7-3-1-2-4-8(7)18(9)10/h1-4,9,15-16H,5-6H2. The van der Waals surface area contributed by atoms with Gasteiger partial charge in [-0.15, -0.1) is 0 Å². The molecule has 0 radical (unpaired) electrons. The second-order valence-electron chi connectivity index (χ2n) is 4.21. The number of nitrogens with zero attached hydrogens (tertiary/aromatic N) is 2. The van der Waals surface area contributed by atoms with Crippen LogP contribution < -0.4 is 15.6 Å². The Bertz CT molecular complexity index is 497. The molecule has 0 aliphatic carbocycles. The fourth-order valence-corrected chi connectivity index (χ4v) is 2.25. The average molecular weight is 256 g/mol. The van der Waals surface area contributed by atoms with Gasteiger partial charge < -0.3 is 5.32 Å². The van der Waals surface area contributed by atoms with Crippen LogP contribution in [0.3, 0.4) is 0 Å². The highest BCUT2D eigenvalue weighted by molar-refractivity contribution is 6.03. The summed E-state index contributed by atoms with van der Waals surface area (Å²) in [6, 6.07) is 7.04. The Labute approximate surface area is 101 Å². The van der Waals surface area contributed by atoms with Gasteiger partial charge in [-0.3, -0.25) is 10.3 Å². The molecule has 0 aromatic heterocycles. The molecule has 2 heterocycles. The minimum absolute atomic E-state index is 0.401. The molecule has 96 valence electrons. The largest absolute Gasteiger partial charge is 0.451 e. The maximum Gasteiger partial charge on any atom is 0.451 e. The molecule has 1 unspecified atom stereocenters. The molecule has 0 saturated carbocycles. The van der Waals surface area contributed by atoms with Crippen molar-refractivity contribution in [3.05, 3.63) is 29.8 Å². The van der Waals surface area contributed by atoms with Gasteiger partial charge in [0, 0.05) is 18.8 Å². The van der Waals surface area contributed by atoms with E-state index in [-0.39, 0.29) is 0 Å². The van der Waals surface area contributed by atoms with Crippen LogP contribution >= 0.6 is 0 Å². The third kappa shape index (κ3) is 1.71. The minimum Gasteiger partial charge on any atom is -0.309 e. The first-order valence-corrected chi connectivity index (χ1v) is 5.55. The average Bonchev–Trinajstić information content (AvgIpc) is 2.66. The zero-order valence-electron chi connectivity index (χ0n) is 9.33. The van der Waals surface area contributed by atoms with Gasteiger partial charge in [0.05, 0.1) is 0 Å². The van der Waals surface area contributed by atoms with E-state index in [1.54, 1.807) is 12.1 Å². The normalized spacial score (nSPS) is 22.7. The zero-order valence-corrected chi connectivity index (χ0v) is 9.33. The summed E-state index contributed by atoms with van der Waals surface area (Å²) in [6.07, 6.45) is -4.95. The van der Waals surface area contributed by atoms with Crippen LogP contribution in [0.15, 0.2) is 29.4 Å². The van der Waals surface area contributed by atoms with Crippen molar-refractivity contribution >= 4 is 11.5 Å². The summed E-state index contributed by atoms with van der Waals surface area (Å²) in [4.78, 5) is 1.22. The Morgan fingerprint density at radius 3 is 2.83 bits per heavy atom. The van der Waals surface area contributed by atoms with Crippen molar-refractivity contribution in [2.24, 2.45) is 5.10 Å². The van der Waals surface area contributed by atoms with Crippen molar-refractivity contribution in [3.8, 4) is 0 Å². The lowest BCUT2D eigenvalue weighted by atomic mass is 10.1. The lowest BCUT2D eigenvalue weighted by molar-refractivity contribution is -0.0598. The molecule has 2 N–H and O–H groups in total. The number of rotatable bonds is 0. The number of alkyl halides is 3. The van der Waals surface area contributed by atoms with Gasteiger partial charge >= 0.3 is 6.18 Å². The van der Waals surface area contributed by atoms with E-state index >= 15 is 0 Å². The van der Waals surface area contributed by atoms with E-state index in [1.807, 2.05) is 12.1 Å². The third-order valence-electron chi connectivity index (χ3n) is 3.02. The quantitative estimate of drug-likeness (QED) is 0.737. The van der Waals surface area contributed by atoms with Crippen LogP contribution in [0.4, 0.5) is 18.9 Å². The molecule has 1 aromatic rings. The van der Waals surface area contributed by atoms with Gasteiger partial charge in [0.15, 0.2) is 0 Å². The van der Waals surface area contributed by atoms with Crippen molar-refractivity contribution in [2.75, 3.05) is 11.4 Å². The van der Waals surface area contributed by atoms with Crippen LogP contribution in [-0.2, 0) is 6.54 Å². The fraction of sp³-hybridized carbons (Fsp3) is 0.364. The smallest absolute Gasteiger partial charge is 0.309 e. The van der Waals surface area contributed by atoms with Crippen molar-refractivity contribution < 1.29 is 13.2 Å². The molecule has 7 heteroatoms. The Balaban J connectivity index is 2.08. The van der Waals surface area contributed by atoms with Gasteiger partial charge in [0.1, 0.15) is 6.17 Å². The van der Waals surface area contributed by atoms with E-state index in [0.717, 1.165) is 5.56 Å². The Morgan fingerprint density at radius 1 is 1.28 bits per heavy atom. The molecule has 1 aromatic carbocycles. The lowest BCUT2D eigenvalue weighted by Crippen LogP contribution is -2.48. The molecule has 2 aliphatic heterocycles. The van der Waals surface area contributed by atoms with Crippen LogP contribution in [0.1, 0.15) is 5.56 Å². The van der Waals surface area contributed by atoms with Crippen LogP contribution in [0, 0.1) is 0 Å². The number of amidine groups is 1. The van der Waals surface area contributed by atoms with Gasteiger partial charge in [-0.2, -0.15) is 18.3 Å². The SMILES string of the molecule is FC(F)(F)C1=NNC2CNCc3ccccc3N12. The summed E-state index contributed by atoms with van der Waals surface area (Å²) in [5, 5.41) is 6.52. The van der Waals surface area contributed by atoms with Crippen LogP contribution in [0.5, 0.6) is 0 Å². The number of para-hydroxylation sites is 1. The molecule has 0 fully saturated rings. The second-order valence-corrected chi connectivity index (χ2v) is 4.21. The minimum atomic E-state index is -4.46. The predicted molar refractivity (Wildman–Crippen MR) is 61.0 cm³/mol. The molecule has 0 spiro atoms. The molecule has 2 aliphatic rings. The maximum atomic E-state index is 12.9. The first kappa shape index (κ1) is 11.3. The first-order chi connectivity index (χ1) is 8.57. The summed E-state index contributed by atoms with van der Waals surface area (Å²) >= 11 is 0. The van der Waals surface area contributed by atoms with Gasteiger partial charge in [-0.05, 0) is 11.6 Å². The van der Waals surface area contributed by atoms with E-state index in [0.29, 0.717) is 18.8 Å². The Hall–Kier alpha value is -1.76. The highest BCUT2D eigenvalue weighted by Crippen LogP contribution is 2.32. The predicted octanol–water partition coefficient (Wildman–Crippen LogP) is 1.40. The maximum absolute atomic E-state index is 12.9. The van der Waals surface area contributed by atoms with Crippen molar-refractivity contribution in [1.82, 2.24) is 10.7 Å². The van der Waals surface area contributed by atoms with Crippen LogP contribution in [-0.4, -0.2) is 24.7 Å². The van der Waals surface area contributed by atoms with Gasteiger partial charge in [-0.1, -0.05) is 18.2 Å². The Morgan fingerprint density at radius 2 is 2.06 bits per heavy atom. The summed E-state index contributed by atoms with van der Waals surface area (Å²) in [5.74, 6) is -0.886. The molecule has 0 amide bonds. The lowest BCUT2D eigenvalue weighted by Gasteiger charge is -2.26. The number of hydrogen-bond donors (Lipinski definition) is 2. The van der Waals surface area contributed by atoms with E-state index in [2.05, 4.69) is 15.8 Å². The second kappa shape index (κ2) is 3.88. The number of halogens is 3. The Kier molecular flexibility index (Phi) is 2.44. The monoisotopic (exact) mass is 256 g/mol. The van der Waals surface area contributed by atoms with Gasteiger partial charge in [0.25, 0.3) is 0 Å². The first-order valence-electron chi connectivity index (χ1n) is 5.55. The molecule has 4 nitrogen and oxygen atoms in total. The van der Waals surface area contributed by atoms with Crippen LogP contribution in [0.2, 0.25) is 0 Å². The number of hydrazone groups is 1. The topological polar surface area (TPSA) is 39.7 Å². The van der Waals surface area contributed by atoms with Crippen molar-refractivity contribution in [2.45, 2.75) is 18.9 Å². The highest BCUT2D eigenvalue weighted by Gasteiger charge is 2.47. The number of hydrogen-bond acceptors (Lipinski definition) is 4. The number of fused-ring (bicyclic) bond motifs is 3. The molecule has 0 saturated heterocycles.